The monoisotopic (exact) mass is 184 g/mol. The summed E-state index contributed by atoms with van der Waals surface area (Å²) in [5.74, 6) is 2.59. The Balaban J connectivity index is 1.58. The van der Waals surface area contributed by atoms with Crippen LogP contribution in [0.4, 0.5) is 0 Å². The van der Waals surface area contributed by atoms with Gasteiger partial charge in [-0.05, 0) is 37.4 Å². The average molecular weight is 184 g/mol. The lowest BCUT2D eigenvalue weighted by Gasteiger charge is -2.28. The first-order valence-corrected chi connectivity index (χ1v) is 6.61. The van der Waals surface area contributed by atoms with Crippen molar-refractivity contribution in [2.24, 2.45) is 5.92 Å². The van der Waals surface area contributed by atoms with Crippen LogP contribution in [0.25, 0.3) is 0 Å². The van der Waals surface area contributed by atoms with Crippen molar-refractivity contribution in [3.63, 3.8) is 0 Å². The van der Waals surface area contributed by atoms with Crippen LogP contribution in [0.1, 0.15) is 51.4 Å². The van der Waals surface area contributed by atoms with Gasteiger partial charge in [0.2, 0.25) is 0 Å². The molecule has 2 aliphatic carbocycles. The third-order valence-electron chi connectivity index (χ3n) is 3.34. The van der Waals surface area contributed by atoms with E-state index >= 15 is 0 Å². The molecule has 2 saturated carbocycles. The molecular weight excluding hydrogens is 164 g/mol. The van der Waals surface area contributed by atoms with Crippen LogP contribution in [0.3, 0.4) is 0 Å². The van der Waals surface area contributed by atoms with Gasteiger partial charge in [0.25, 0.3) is 0 Å². The Morgan fingerprint density at radius 1 is 0.833 bits per heavy atom. The molecule has 0 bridgehead atoms. The summed E-state index contributed by atoms with van der Waals surface area (Å²) in [5.41, 5.74) is 0. The van der Waals surface area contributed by atoms with Crippen molar-refractivity contribution in [1.29, 1.82) is 0 Å². The molecule has 1 heteroatoms. The summed E-state index contributed by atoms with van der Waals surface area (Å²) in [5, 5.41) is 1.04. The molecule has 2 fully saturated rings. The normalized spacial score (nSPS) is 27.0. The highest BCUT2D eigenvalue weighted by molar-refractivity contribution is 7.99. The van der Waals surface area contributed by atoms with E-state index in [1.807, 2.05) is 0 Å². The van der Waals surface area contributed by atoms with Crippen LogP contribution in [0.15, 0.2) is 0 Å². The highest BCUT2D eigenvalue weighted by Crippen LogP contribution is 2.34. The molecular formula is C11H20S. The molecule has 2 rings (SSSR count). The largest absolute Gasteiger partial charge is 0.158 e. The number of thioether (sulfide) groups is 1. The van der Waals surface area contributed by atoms with Gasteiger partial charge >= 0.3 is 0 Å². The van der Waals surface area contributed by atoms with Gasteiger partial charge in [-0.1, -0.05) is 25.7 Å². The molecule has 0 amide bonds. The highest BCUT2D eigenvalue weighted by Gasteiger charge is 2.20. The summed E-state index contributed by atoms with van der Waals surface area (Å²) in [6.45, 7) is 0. The maximum absolute atomic E-state index is 2.28. The van der Waals surface area contributed by atoms with E-state index in [0.717, 1.165) is 11.2 Å². The zero-order valence-corrected chi connectivity index (χ0v) is 8.74. The fourth-order valence-electron chi connectivity index (χ4n) is 2.16. The van der Waals surface area contributed by atoms with E-state index in [9.17, 15) is 0 Å². The van der Waals surface area contributed by atoms with Crippen LogP contribution in [-0.4, -0.2) is 11.0 Å². The van der Waals surface area contributed by atoms with Gasteiger partial charge in [0.15, 0.2) is 0 Å². The summed E-state index contributed by atoms with van der Waals surface area (Å²) < 4.78 is 0. The molecule has 0 unspecified atom stereocenters. The van der Waals surface area contributed by atoms with Crippen molar-refractivity contribution in [3.05, 3.63) is 0 Å². The Bertz CT molecular complexity index is 123. The Hall–Kier alpha value is 0.350. The smallest absolute Gasteiger partial charge is 0.00471 e. The molecule has 0 aromatic heterocycles. The van der Waals surface area contributed by atoms with Crippen molar-refractivity contribution in [2.45, 2.75) is 56.6 Å². The predicted octanol–water partition coefficient (Wildman–Crippen LogP) is 3.85. The Morgan fingerprint density at radius 2 is 1.58 bits per heavy atom. The van der Waals surface area contributed by atoms with Crippen molar-refractivity contribution in [3.8, 4) is 0 Å². The Morgan fingerprint density at radius 3 is 2.17 bits per heavy atom. The molecule has 0 aromatic carbocycles. The van der Waals surface area contributed by atoms with Crippen molar-refractivity contribution < 1.29 is 0 Å². The summed E-state index contributed by atoms with van der Waals surface area (Å²) in [7, 11) is 0. The molecule has 2 aliphatic rings. The summed E-state index contributed by atoms with van der Waals surface area (Å²) in [6.07, 6.45) is 12.1. The molecule has 0 N–H and O–H groups in total. The SMILES string of the molecule is C1CCC(SCC2CCC2)CC1. The van der Waals surface area contributed by atoms with Crippen LogP contribution >= 0.6 is 11.8 Å². The lowest BCUT2D eigenvalue weighted by Crippen LogP contribution is -2.17. The summed E-state index contributed by atoms with van der Waals surface area (Å²) in [6, 6.07) is 0. The Labute approximate surface area is 80.5 Å². The third-order valence-corrected chi connectivity index (χ3v) is 4.95. The molecule has 0 aliphatic heterocycles. The standard InChI is InChI=1S/C11H20S/c1-2-7-11(8-3-1)12-9-10-5-4-6-10/h10-11H,1-9H2. The van der Waals surface area contributed by atoms with Crippen molar-refractivity contribution >= 4 is 11.8 Å². The number of hydrogen-bond acceptors (Lipinski definition) is 1. The first kappa shape index (κ1) is 8.93. The molecule has 0 spiro atoms. The summed E-state index contributed by atoms with van der Waals surface area (Å²) >= 11 is 2.28. The minimum atomic E-state index is 1.04. The lowest BCUT2D eigenvalue weighted by atomic mass is 9.87. The van der Waals surface area contributed by atoms with Crippen molar-refractivity contribution in [1.82, 2.24) is 0 Å². The van der Waals surface area contributed by atoms with Gasteiger partial charge in [-0.3, -0.25) is 0 Å². The van der Waals surface area contributed by atoms with E-state index in [-0.39, 0.29) is 0 Å². The van der Waals surface area contributed by atoms with E-state index in [0.29, 0.717) is 0 Å². The van der Waals surface area contributed by atoms with Gasteiger partial charge < -0.3 is 0 Å². The zero-order chi connectivity index (χ0) is 8.23. The van der Waals surface area contributed by atoms with E-state index in [1.165, 1.54) is 57.1 Å². The van der Waals surface area contributed by atoms with Crippen LogP contribution in [0.5, 0.6) is 0 Å². The minimum Gasteiger partial charge on any atom is -0.158 e. The first-order chi connectivity index (χ1) is 5.95. The number of hydrogen-bond donors (Lipinski definition) is 0. The van der Waals surface area contributed by atoms with E-state index < -0.39 is 0 Å². The molecule has 0 radical (unpaired) electrons. The average Bonchev–Trinajstić information content (AvgIpc) is 2.04. The third kappa shape index (κ3) is 2.42. The summed E-state index contributed by atoms with van der Waals surface area (Å²) in [4.78, 5) is 0. The van der Waals surface area contributed by atoms with Gasteiger partial charge in [0.1, 0.15) is 0 Å². The minimum absolute atomic E-state index is 1.04. The molecule has 12 heavy (non-hydrogen) atoms. The van der Waals surface area contributed by atoms with Crippen LogP contribution in [0, 0.1) is 5.92 Å². The second kappa shape index (κ2) is 4.55. The van der Waals surface area contributed by atoms with Crippen LogP contribution in [0.2, 0.25) is 0 Å². The number of rotatable bonds is 3. The van der Waals surface area contributed by atoms with Crippen molar-refractivity contribution in [2.75, 3.05) is 5.75 Å². The van der Waals surface area contributed by atoms with Crippen LogP contribution < -0.4 is 0 Å². The fraction of sp³-hybridized carbons (Fsp3) is 1.00. The lowest BCUT2D eigenvalue weighted by molar-refractivity contribution is 0.352. The van der Waals surface area contributed by atoms with E-state index in [2.05, 4.69) is 11.8 Å². The zero-order valence-electron chi connectivity index (χ0n) is 7.93. The highest BCUT2D eigenvalue weighted by atomic mass is 32.2. The van der Waals surface area contributed by atoms with Gasteiger partial charge in [0.05, 0.1) is 0 Å². The quantitative estimate of drug-likeness (QED) is 0.642. The van der Waals surface area contributed by atoms with E-state index in [4.69, 9.17) is 0 Å². The molecule has 0 heterocycles. The fourth-order valence-corrected chi connectivity index (χ4v) is 3.71. The molecule has 0 nitrogen and oxygen atoms in total. The first-order valence-electron chi connectivity index (χ1n) is 5.57. The molecule has 70 valence electrons. The van der Waals surface area contributed by atoms with Gasteiger partial charge in [0, 0.05) is 5.25 Å². The maximum Gasteiger partial charge on any atom is 0.00471 e. The molecule has 0 atom stereocenters. The maximum atomic E-state index is 2.28. The van der Waals surface area contributed by atoms with Gasteiger partial charge in [-0.25, -0.2) is 0 Å². The topological polar surface area (TPSA) is 0 Å². The van der Waals surface area contributed by atoms with E-state index in [1.54, 1.807) is 0 Å². The second-order valence-corrected chi connectivity index (χ2v) is 5.72. The molecule has 0 aromatic rings. The van der Waals surface area contributed by atoms with Gasteiger partial charge in [-0.2, -0.15) is 11.8 Å². The molecule has 0 saturated heterocycles. The predicted molar refractivity (Wildman–Crippen MR) is 56.7 cm³/mol. The van der Waals surface area contributed by atoms with Crippen LogP contribution in [-0.2, 0) is 0 Å². The second-order valence-electron chi connectivity index (χ2n) is 4.39. The van der Waals surface area contributed by atoms with Gasteiger partial charge in [-0.15, -0.1) is 0 Å². The Kier molecular flexibility index (Phi) is 3.38.